The molecule has 3 rings (SSSR count). The van der Waals surface area contributed by atoms with Crippen molar-refractivity contribution in [1.29, 1.82) is 0 Å². The summed E-state index contributed by atoms with van der Waals surface area (Å²) < 4.78 is 5.16. The van der Waals surface area contributed by atoms with Crippen molar-refractivity contribution in [2.24, 2.45) is 0 Å². The maximum Gasteiger partial charge on any atom is 0.228 e. The van der Waals surface area contributed by atoms with Gasteiger partial charge in [-0.1, -0.05) is 35.9 Å². The molecule has 6 heteroatoms. The Bertz CT molecular complexity index is 882. The highest BCUT2D eigenvalue weighted by Gasteiger charge is 2.07. The van der Waals surface area contributed by atoms with E-state index in [-0.39, 0.29) is 12.3 Å². The highest BCUT2D eigenvalue weighted by atomic mass is 35.5. The zero-order valence-corrected chi connectivity index (χ0v) is 14.3. The summed E-state index contributed by atoms with van der Waals surface area (Å²) >= 11 is 5.97. The maximum absolute atomic E-state index is 12.2. The number of ether oxygens (including phenoxy) is 1. The van der Waals surface area contributed by atoms with Gasteiger partial charge >= 0.3 is 0 Å². The molecule has 0 saturated carbocycles. The Morgan fingerprint density at radius 3 is 2.60 bits per heavy atom. The van der Waals surface area contributed by atoms with Crippen molar-refractivity contribution in [1.82, 2.24) is 9.97 Å². The average molecular weight is 354 g/mol. The van der Waals surface area contributed by atoms with E-state index in [1.165, 1.54) is 0 Å². The summed E-state index contributed by atoms with van der Waals surface area (Å²) in [6.07, 6.45) is 3.40. The third-order valence-corrected chi connectivity index (χ3v) is 3.75. The van der Waals surface area contributed by atoms with E-state index in [4.69, 9.17) is 16.3 Å². The van der Waals surface area contributed by atoms with Crippen LogP contribution in [0.25, 0.3) is 11.4 Å². The smallest absolute Gasteiger partial charge is 0.228 e. The molecular formula is C19H16ClN3O2. The maximum atomic E-state index is 12.2. The summed E-state index contributed by atoms with van der Waals surface area (Å²) in [6, 6.07) is 14.7. The van der Waals surface area contributed by atoms with Gasteiger partial charge in [0.25, 0.3) is 0 Å². The monoisotopic (exact) mass is 353 g/mol. The Hall–Kier alpha value is -2.92. The predicted molar refractivity (Wildman–Crippen MR) is 97.8 cm³/mol. The van der Waals surface area contributed by atoms with Crippen LogP contribution in [0.15, 0.2) is 60.9 Å². The number of methoxy groups -OCH3 is 1. The van der Waals surface area contributed by atoms with E-state index in [9.17, 15) is 4.79 Å². The molecule has 1 N–H and O–H groups in total. The van der Waals surface area contributed by atoms with Crippen LogP contribution in [0, 0.1) is 0 Å². The SMILES string of the molecule is COc1cccc(CC(=O)Nc2cnc(-c3cccc(Cl)c3)nc2)c1. The third kappa shape index (κ3) is 4.55. The number of anilines is 1. The second-order valence-corrected chi connectivity index (χ2v) is 5.82. The van der Waals surface area contributed by atoms with Crippen LogP contribution in [-0.2, 0) is 11.2 Å². The highest BCUT2D eigenvalue weighted by Crippen LogP contribution is 2.20. The molecule has 3 aromatic rings. The number of amides is 1. The van der Waals surface area contributed by atoms with Crippen molar-refractivity contribution >= 4 is 23.2 Å². The van der Waals surface area contributed by atoms with Gasteiger partial charge in [-0.15, -0.1) is 0 Å². The topological polar surface area (TPSA) is 64.1 Å². The number of hydrogen-bond donors (Lipinski definition) is 1. The number of carbonyl (C=O) groups excluding carboxylic acids is 1. The van der Waals surface area contributed by atoms with Crippen LogP contribution in [0.1, 0.15) is 5.56 Å². The van der Waals surface area contributed by atoms with Crippen LogP contribution in [-0.4, -0.2) is 23.0 Å². The zero-order valence-electron chi connectivity index (χ0n) is 13.6. The van der Waals surface area contributed by atoms with E-state index in [0.717, 1.165) is 16.9 Å². The highest BCUT2D eigenvalue weighted by molar-refractivity contribution is 6.30. The van der Waals surface area contributed by atoms with Gasteiger partial charge in [0.1, 0.15) is 5.75 Å². The summed E-state index contributed by atoms with van der Waals surface area (Å²) in [6.45, 7) is 0. The van der Waals surface area contributed by atoms with E-state index in [1.807, 2.05) is 36.4 Å². The lowest BCUT2D eigenvalue weighted by Crippen LogP contribution is -2.14. The molecule has 0 aliphatic carbocycles. The Balaban J connectivity index is 1.65. The van der Waals surface area contributed by atoms with Crippen molar-refractivity contribution in [3.05, 3.63) is 71.5 Å². The molecule has 0 radical (unpaired) electrons. The van der Waals surface area contributed by atoms with Crippen molar-refractivity contribution in [3.63, 3.8) is 0 Å². The summed E-state index contributed by atoms with van der Waals surface area (Å²) in [5.74, 6) is 1.13. The Morgan fingerprint density at radius 1 is 1.12 bits per heavy atom. The first-order chi connectivity index (χ1) is 12.1. The second kappa shape index (κ2) is 7.77. The van der Waals surface area contributed by atoms with Crippen LogP contribution in [0.4, 0.5) is 5.69 Å². The molecule has 126 valence electrons. The van der Waals surface area contributed by atoms with Crippen molar-refractivity contribution in [2.45, 2.75) is 6.42 Å². The summed E-state index contributed by atoms with van der Waals surface area (Å²) in [7, 11) is 1.60. The number of carbonyl (C=O) groups is 1. The molecule has 0 spiro atoms. The van der Waals surface area contributed by atoms with E-state index >= 15 is 0 Å². The number of aromatic nitrogens is 2. The van der Waals surface area contributed by atoms with E-state index in [2.05, 4.69) is 15.3 Å². The molecule has 5 nitrogen and oxygen atoms in total. The molecule has 0 aliphatic heterocycles. The van der Waals surface area contributed by atoms with E-state index in [1.54, 1.807) is 31.6 Å². The van der Waals surface area contributed by atoms with Gasteiger partial charge < -0.3 is 10.1 Å². The van der Waals surface area contributed by atoms with Gasteiger partial charge in [-0.2, -0.15) is 0 Å². The summed E-state index contributed by atoms with van der Waals surface area (Å²) in [4.78, 5) is 20.7. The van der Waals surface area contributed by atoms with Gasteiger partial charge in [0, 0.05) is 10.6 Å². The Kier molecular flexibility index (Phi) is 5.26. The van der Waals surface area contributed by atoms with Gasteiger partial charge in [0.15, 0.2) is 5.82 Å². The van der Waals surface area contributed by atoms with Gasteiger partial charge in [0.2, 0.25) is 5.91 Å². The van der Waals surface area contributed by atoms with E-state index < -0.39 is 0 Å². The lowest BCUT2D eigenvalue weighted by molar-refractivity contribution is -0.115. The fourth-order valence-electron chi connectivity index (χ4n) is 2.34. The molecular weight excluding hydrogens is 338 g/mol. The van der Waals surface area contributed by atoms with Crippen molar-refractivity contribution in [3.8, 4) is 17.1 Å². The van der Waals surface area contributed by atoms with Gasteiger partial charge in [-0.3, -0.25) is 4.79 Å². The minimum Gasteiger partial charge on any atom is -0.497 e. The van der Waals surface area contributed by atoms with Gasteiger partial charge in [0.05, 0.1) is 31.6 Å². The molecule has 0 saturated heterocycles. The largest absolute Gasteiger partial charge is 0.497 e. The second-order valence-electron chi connectivity index (χ2n) is 5.38. The first-order valence-corrected chi connectivity index (χ1v) is 8.02. The fraction of sp³-hybridized carbons (Fsp3) is 0.105. The first-order valence-electron chi connectivity index (χ1n) is 7.65. The minimum absolute atomic E-state index is 0.146. The number of halogens is 1. The zero-order chi connectivity index (χ0) is 17.6. The van der Waals surface area contributed by atoms with Crippen LogP contribution in [0.3, 0.4) is 0 Å². The molecule has 0 aliphatic rings. The lowest BCUT2D eigenvalue weighted by atomic mass is 10.1. The molecule has 2 aromatic carbocycles. The standard InChI is InChI=1S/C19H16ClN3O2/c1-25-17-7-2-4-13(8-17)9-18(24)23-16-11-21-19(22-12-16)14-5-3-6-15(20)10-14/h2-8,10-12H,9H2,1H3,(H,23,24). The molecule has 1 heterocycles. The minimum atomic E-state index is -0.146. The van der Waals surface area contributed by atoms with Crippen molar-refractivity contribution in [2.75, 3.05) is 12.4 Å². The fourth-order valence-corrected chi connectivity index (χ4v) is 2.53. The molecule has 1 aromatic heterocycles. The number of hydrogen-bond acceptors (Lipinski definition) is 4. The lowest BCUT2D eigenvalue weighted by Gasteiger charge is -2.07. The molecule has 1 amide bonds. The Labute approximate surface area is 150 Å². The molecule has 0 fully saturated rings. The number of benzene rings is 2. The molecule has 25 heavy (non-hydrogen) atoms. The van der Waals surface area contributed by atoms with Crippen LogP contribution < -0.4 is 10.1 Å². The molecule has 0 unspecified atom stereocenters. The number of rotatable bonds is 5. The number of nitrogens with zero attached hydrogens (tertiary/aromatic N) is 2. The van der Waals surface area contributed by atoms with Gasteiger partial charge in [-0.05, 0) is 29.8 Å². The van der Waals surface area contributed by atoms with Crippen LogP contribution in [0.5, 0.6) is 5.75 Å². The van der Waals surface area contributed by atoms with Crippen LogP contribution in [0.2, 0.25) is 5.02 Å². The van der Waals surface area contributed by atoms with Gasteiger partial charge in [-0.25, -0.2) is 9.97 Å². The van der Waals surface area contributed by atoms with Crippen LogP contribution >= 0.6 is 11.6 Å². The predicted octanol–water partition coefficient (Wildman–Crippen LogP) is 3.99. The summed E-state index contributed by atoms with van der Waals surface area (Å²) in [5.41, 5.74) is 2.23. The summed E-state index contributed by atoms with van der Waals surface area (Å²) in [5, 5.41) is 3.41. The molecule has 0 atom stereocenters. The third-order valence-electron chi connectivity index (χ3n) is 3.52. The normalized spacial score (nSPS) is 10.3. The molecule has 0 bridgehead atoms. The first kappa shape index (κ1) is 16.9. The Morgan fingerprint density at radius 2 is 1.88 bits per heavy atom. The van der Waals surface area contributed by atoms with E-state index in [0.29, 0.717) is 16.5 Å². The van der Waals surface area contributed by atoms with Crippen molar-refractivity contribution < 1.29 is 9.53 Å². The quantitative estimate of drug-likeness (QED) is 0.753. The average Bonchev–Trinajstić information content (AvgIpc) is 2.62. The number of nitrogens with one attached hydrogen (secondary N) is 1.